The van der Waals surface area contributed by atoms with E-state index in [9.17, 15) is 19.5 Å². The lowest BCUT2D eigenvalue weighted by Gasteiger charge is -2.37. The van der Waals surface area contributed by atoms with Crippen LogP contribution < -0.4 is 0 Å². The molecule has 3 aliphatic rings. The molecular formula is C18H20N2O4S. The van der Waals surface area contributed by atoms with Gasteiger partial charge in [0, 0.05) is 25.3 Å². The van der Waals surface area contributed by atoms with E-state index in [4.69, 9.17) is 0 Å². The standard InChI is InChI=1S/C18H20N2O4S/c1-18-7-6-15(21)20(18)14(10-25-18)16(22)19-8-11-4-2-3-5-12(11)13(9-19)17(23)24/h2-5,13-14H,6-10H2,1H3,(H,23,24). The molecule has 1 N–H and O–H groups in total. The van der Waals surface area contributed by atoms with Gasteiger partial charge in [-0.1, -0.05) is 24.3 Å². The fraction of sp³-hybridized carbons (Fsp3) is 0.500. The molecule has 25 heavy (non-hydrogen) atoms. The molecule has 0 aliphatic carbocycles. The quantitative estimate of drug-likeness (QED) is 0.868. The minimum absolute atomic E-state index is 0.0260. The van der Waals surface area contributed by atoms with E-state index in [2.05, 4.69) is 0 Å². The summed E-state index contributed by atoms with van der Waals surface area (Å²) in [6.07, 6.45) is 1.24. The Morgan fingerprint density at radius 3 is 2.84 bits per heavy atom. The van der Waals surface area contributed by atoms with Crippen molar-refractivity contribution < 1.29 is 19.5 Å². The molecule has 1 aromatic rings. The van der Waals surface area contributed by atoms with Gasteiger partial charge >= 0.3 is 5.97 Å². The molecule has 0 radical (unpaired) electrons. The van der Waals surface area contributed by atoms with Crippen molar-refractivity contribution in [3.05, 3.63) is 35.4 Å². The van der Waals surface area contributed by atoms with E-state index >= 15 is 0 Å². The van der Waals surface area contributed by atoms with Gasteiger partial charge in [-0.2, -0.15) is 0 Å². The van der Waals surface area contributed by atoms with Crippen LogP contribution in [0.25, 0.3) is 0 Å². The van der Waals surface area contributed by atoms with E-state index in [1.165, 1.54) is 0 Å². The molecule has 2 saturated heterocycles. The van der Waals surface area contributed by atoms with Crippen LogP contribution in [0.3, 0.4) is 0 Å². The molecule has 0 saturated carbocycles. The van der Waals surface area contributed by atoms with Gasteiger partial charge in [-0.25, -0.2) is 0 Å². The van der Waals surface area contributed by atoms with E-state index in [0.29, 0.717) is 18.7 Å². The normalized spacial score (nSPS) is 31.0. The van der Waals surface area contributed by atoms with Crippen molar-refractivity contribution in [1.82, 2.24) is 9.80 Å². The molecule has 0 spiro atoms. The van der Waals surface area contributed by atoms with Gasteiger partial charge in [-0.15, -0.1) is 11.8 Å². The number of hydrogen-bond donors (Lipinski definition) is 1. The zero-order valence-electron chi connectivity index (χ0n) is 14.0. The lowest BCUT2D eigenvalue weighted by atomic mass is 9.89. The average Bonchev–Trinajstić information content (AvgIpc) is 3.09. The van der Waals surface area contributed by atoms with Gasteiger partial charge in [0.15, 0.2) is 0 Å². The number of carboxylic acids is 1. The number of carbonyl (C=O) groups excluding carboxylic acids is 2. The second-order valence-electron chi connectivity index (χ2n) is 7.07. The number of nitrogens with zero attached hydrogens (tertiary/aromatic N) is 2. The molecule has 0 aromatic heterocycles. The van der Waals surface area contributed by atoms with E-state index in [1.807, 2.05) is 31.2 Å². The van der Waals surface area contributed by atoms with Gasteiger partial charge in [0.1, 0.15) is 6.04 Å². The predicted molar refractivity (Wildman–Crippen MR) is 93.0 cm³/mol. The number of carboxylic acid groups (broad SMARTS) is 1. The molecule has 1 aromatic carbocycles. The highest BCUT2D eigenvalue weighted by molar-refractivity contribution is 8.01. The second-order valence-corrected chi connectivity index (χ2v) is 8.58. The third-order valence-electron chi connectivity index (χ3n) is 5.53. The van der Waals surface area contributed by atoms with E-state index < -0.39 is 17.9 Å². The summed E-state index contributed by atoms with van der Waals surface area (Å²) < 4.78 is 0. The maximum absolute atomic E-state index is 13.1. The Morgan fingerprint density at radius 1 is 1.32 bits per heavy atom. The third-order valence-corrected chi connectivity index (χ3v) is 7.04. The average molecular weight is 360 g/mol. The zero-order valence-corrected chi connectivity index (χ0v) is 14.8. The fourth-order valence-corrected chi connectivity index (χ4v) is 5.62. The first-order valence-electron chi connectivity index (χ1n) is 8.46. The summed E-state index contributed by atoms with van der Waals surface area (Å²) in [5.41, 5.74) is 1.65. The second kappa shape index (κ2) is 5.76. The molecule has 2 fully saturated rings. The van der Waals surface area contributed by atoms with Crippen LogP contribution in [-0.2, 0) is 20.9 Å². The Bertz CT molecular complexity index is 767. The number of amides is 2. The van der Waals surface area contributed by atoms with E-state index in [0.717, 1.165) is 17.5 Å². The topological polar surface area (TPSA) is 77.9 Å². The smallest absolute Gasteiger partial charge is 0.312 e. The molecule has 3 unspecified atom stereocenters. The SMILES string of the molecule is CC12CCC(=O)N1C(C(=O)N1Cc3ccccc3C(C(=O)O)C1)CS2. The first-order valence-corrected chi connectivity index (χ1v) is 9.45. The summed E-state index contributed by atoms with van der Waals surface area (Å²) in [5, 5.41) is 9.58. The van der Waals surface area contributed by atoms with E-state index in [1.54, 1.807) is 21.6 Å². The lowest BCUT2D eigenvalue weighted by Crippen LogP contribution is -2.53. The van der Waals surface area contributed by atoms with Gasteiger partial charge in [-0.3, -0.25) is 14.4 Å². The van der Waals surface area contributed by atoms with E-state index in [-0.39, 0.29) is 23.2 Å². The monoisotopic (exact) mass is 360 g/mol. The molecule has 4 rings (SSSR count). The summed E-state index contributed by atoms with van der Waals surface area (Å²) >= 11 is 1.65. The minimum atomic E-state index is -0.923. The summed E-state index contributed by atoms with van der Waals surface area (Å²) in [7, 11) is 0. The van der Waals surface area contributed by atoms with Crippen LogP contribution in [0.15, 0.2) is 24.3 Å². The highest BCUT2D eigenvalue weighted by atomic mass is 32.2. The molecule has 7 heteroatoms. The Kier molecular flexibility index (Phi) is 3.79. The summed E-state index contributed by atoms with van der Waals surface area (Å²) in [6, 6.07) is 6.90. The van der Waals surface area contributed by atoms with Crippen molar-refractivity contribution in [1.29, 1.82) is 0 Å². The number of rotatable bonds is 2. The maximum atomic E-state index is 13.1. The van der Waals surface area contributed by atoms with Crippen LogP contribution in [0.1, 0.15) is 36.8 Å². The van der Waals surface area contributed by atoms with Crippen molar-refractivity contribution in [2.24, 2.45) is 0 Å². The number of aliphatic carboxylic acids is 1. The lowest BCUT2D eigenvalue weighted by molar-refractivity contribution is -0.147. The number of fused-ring (bicyclic) bond motifs is 2. The molecule has 3 atom stereocenters. The van der Waals surface area contributed by atoms with Crippen LogP contribution in [-0.4, -0.2) is 55.9 Å². The van der Waals surface area contributed by atoms with Crippen LogP contribution in [0, 0.1) is 0 Å². The van der Waals surface area contributed by atoms with Crippen LogP contribution >= 0.6 is 11.8 Å². The molecule has 3 aliphatic heterocycles. The maximum Gasteiger partial charge on any atom is 0.312 e. The van der Waals surface area contributed by atoms with Crippen LogP contribution in [0.4, 0.5) is 0 Å². The minimum Gasteiger partial charge on any atom is -0.481 e. The van der Waals surface area contributed by atoms with Crippen molar-refractivity contribution >= 4 is 29.5 Å². The van der Waals surface area contributed by atoms with Crippen molar-refractivity contribution in [3.63, 3.8) is 0 Å². The third kappa shape index (κ3) is 2.52. The zero-order chi connectivity index (χ0) is 17.8. The number of hydrogen-bond acceptors (Lipinski definition) is 4. The summed E-state index contributed by atoms with van der Waals surface area (Å²) in [5.74, 6) is -1.17. The molecule has 0 bridgehead atoms. The van der Waals surface area contributed by atoms with Gasteiger partial charge in [-0.05, 0) is 24.5 Å². The van der Waals surface area contributed by atoms with Crippen molar-refractivity contribution in [2.45, 2.75) is 43.1 Å². The van der Waals surface area contributed by atoms with Gasteiger partial charge in [0.2, 0.25) is 11.8 Å². The van der Waals surface area contributed by atoms with Crippen LogP contribution in [0.5, 0.6) is 0 Å². The van der Waals surface area contributed by atoms with Crippen molar-refractivity contribution in [3.8, 4) is 0 Å². The Labute approximate surface area is 150 Å². The first-order chi connectivity index (χ1) is 11.9. The van der Waals surface area contributed by atoms with Crippen LogP contribution in [0.2, 0.25) is 0 Å². The Hall–Kier alpha value is -2.02. The van der Waals surface area contributed by atoms with Crippen molar-refractivity contribution in [2.75, 3.05) is 12.3 Å². The number of benzene rings is 1. The number of thioether (sulfide) groups is 1. The highest BCUT2D eigenvalue weighted by Crippen LogP contribution is 2.47. The predicted octanol–water partition coefficient (Wildman–Crippen LogP) is 1.65. The Morgan fingerprint density at radius 2 is 2.08 bits per heavy atom. The molecule has 132 valence electrons. The Balaban J connectivity index is 1.61. The summed E-state index contributed by atoms with van der Waals surface area (Å²) in [4.78, 5) is 40.2. The van der Waals surface area contributed by atoms with Gasteiger partial charge in [0.05, 0.1) is 10.8 Å². The highest BCUT2D eigenvalue weighted by Gasteiger charge is 2.54. The molecular weight excluding hydrogens is 340 g/mol. The summed E-state index contributed by atoms with van der Waals surface area (Å²) in [6.45, 7) is 2.57. The largest absolute Gasteiger partial charge is 0.481 e. The molecule has 2 amide bonds. The fourth-order valence-electron chi connectivity index (χ4n) is 4.20. The van der Waals surface area contributed by atoms with Gasteiger partial charge < -0.3 is 14.9 Å². The number of carbonyl (C=O) groups is 3. The first kappa shape index (κ1) is 16.4. The molecule has 3 heterocycles. The molecule has 6 nitrogen and oxygen atoms in total. The van der Waals surface area contributed by atoms with Gasteiger partial charge in [0.25, 0.3) is 0 Å².